The van der Waals surface area contributed by atoms with Crippen molar-refractivity contribution in [3.63, 3.8) is 0 Å². The van der Waals surface area contributed by atoms with Crippen molar-refractivity contribution in [2.45, 2.75) is 32.1 Å². The topological polar surface area (TPSA) is 34.1 Å². The molecular weight excluding hydrogens is 212 g/mol. The van der Waals surface area contributed by atoms with Crippen LogP contribution in [0, 0.1) is 0 Å². The van der Waals surface area contributed by atoms with Gasteiger partial charge in [0.05, 0.1) is 0 Å². The number of hydrogen-bond acceptors (Lipinski definition) is 2. The number of allylic oxidation sites excluding steroid dienone is 2. The molecule has 2 nitrogen and oxygen atoms in total. The van der Waals surface area contributed by atoms with Gasteiger partial charge in [0.1, 0.15) is 0 Å². The number of carbonyl (C=O) groups is 2. The van der Waals surface area contributed by atoms with Gasteiger partial charge in [-0.15, -0.1) is 0 Å². The molecule has 0 radical (unpaired) electrons. The first kappa shape index (κ1) is 11.8. The minimum absolute atomic E-state index is 0.321. The zero-order valence-electron chi connectivity index (χ0n) is 9.82. The minimum Gasteiger partial charge on any atom is -0.285 e. The van der Waals surface area contributed by atoms with Gasteiger partial charge >= 0.3 is 0 Å². The van der Waals surface area contributed by atoms with Gasteiger partial charge in [-0.1, -0.05) is 42.8 Å². The van der Waals surface area contributed by atoms with E-state index in [-0.39, 0.29) is 11.6 Å². The molecule has 2 heteroatoms. The maximum absolute atomic E-state index is 12.0. The van der Waals surface area contributed by atoms with Gasteiger partial charge in [-0.2, -0.15) is 0 Å². The van der Waals surface area contributed by atoms with Crippen molar-refractivity contribution >= 4 is 11.6 Å². The van der Waals surface area contributed by atoms with Gasteiger partial charge in [-0.05, 0) is 31.3 Å². The molecule has 1 aromatic rings. The Morgan fingerprint density at radius 3 is 2.41 bits per heavy atom. The zero-order valence-corrected chi connectivity index (χ0v) is 9.82. The predicted octanol–water partition coefficient (Wildman–Crippen LogP) is 3.33. The highest BCUT2D eigenvalue weighted by Gasteiger charge is 2.20. The highest BCUT2D eigenvalue weighted by atomic mass is 16.2. The largest absolute Gasteiger partial charge is 0.285 e. The molecule has 1 aliphatic carbocycles. The fourth-order valence-electron chi connectivity index (χ4n) is 2.09. The molecule has 0 spiro atoms. The molecule has 0 fully saturated rings. The molecule has 1 aromatic carbocycles. The lowest BCUT2D eigenvalue weighted by molar-refractivity contribution is -0.112. The van der Waals surface area contributed by atoms with E-state index in [1.165, 1.54) is 0 Å². The zero-order chi connectivity index (χ0) is 12.1. The number of carbonyl (C=O) groups excluding carboxylic acids is 2. The number of hydrogen-bond donors (Lipinski definition) is 0. The van der Waals surface area contributed by atoms with Crippen molar-refractivity contribution in [2.75, 3.05) is 0 Å². The molecule has 2 rings (SSSR count). The third-order valence-corrected chi connectivity index (χ3v) is 3.07. The quantitative estimate of drug-likeness (QED) is 0.587. The first-order valence-corrected chi connectivity index (χ1v) is 6.12. The Kier molecular flexibility index (Phi) is 3.86. The molecule has 0 atom stereocenters. The number of benzene rings is 1. The van der Waals surface area contributed by atoms with Gasteiger partial charge < -0.3 is 0 Å². The minimum atomic E-state index is -0.376. The molecule has 17 heavy (non-hydrogen) atoms. The van der Waals surface area contributed by atoms with Crippen LogP contribution in [0.2, 0.25) is 0 Å². The average molecular weight is 228 g/mol. The lowest BCUT2D eigenvalue weighted by Gasteiger charge is -2.03. The van der Waals surface area contributed by atoms with Gasteiger partial charge in [0, 0.05) is 5.56 Å². The van der Waals surface area contributed by atoms with E-state index < -0.39 is 0 Å². The summed E-state index contributed by atoms with van der Waals surface area (Å²) in [5.74, 6) is -0.697. The molecule has 0 aromatic heterocycles. The van der Waals surface area contributed by atoms with E-state index in [1.54, 1.807) is 24.3 Å². The SMILES string of the molecule is O=C(C(=O)c1ccccc1)C1=CCCCCC1. The smallest absolute Gasteiger partial charge is 0.233 e. The number of ketones is 2. The summed E-state index contributed by atoms with van der Waals surface area (Å²) in [6, 6.07) is 8.78. The summed E-state index contributed by atoms with van der Waals surface area (Å²) < 4.78 is 0. The van der Waals surface area contributed by atoms with E-state index in [2.05, 4.69) is 0 Å². The average Bonchev–Trinajstić information content (AvgIpc) is 2.67. The van der Waals surface area contributed by atoms with E-state index >= 15 is 0 Å². The van der Waals surface area contributed by atoms with Crippen LogP contribution < -0.4 is 0 Å². The summed E-state index contributed by atoms with van der Waals surface area (Å²) in [5.41, 5.74) is 1.19. The maximum atomic E-state index is 12.0. The second-order valence-corrected chi connectivity index (χ2v) is 4.35. The van der Waals surface area contributed by atoms with Crippen LogP contribution in [0.25, 0.3) is 0 Å². The fraction of sp³-hybridized carbons (Fsp3) is 0.333. The van der Waals surface area contributed by atoms with Crippen LogP contribution in [0.1, 0.15) is 42.5 Å². The molecule has 0 N–H and O–H groups in total. The van der Waals surface area contributed by atoms with Gasteiger partial charge in [-0.3, -0.25) is 9.59 Å². The fourth-order valence-corrected chi connectivity index (χ4v) is 2.09. The first-order chi connectivity index (χ1) is 8.29. The standard InChI is InChI=1S/C15H16O2/c16-14(12-8-4-1-2-5-9-12)15(17)13-10-6-3-7-11-13/h3,6-8,10-11H,1-2,4-5,9H2. The Morgan fingerprint density at radius 1 is 0.882 bits per heavy atom. The van der Waals surface area contributed by atoms with E-state index in [0.29, 0.717) is 11.1 Å². The summed E-state index contributed by atoms with van der Waals surface area (Å²) in [5, 5.41) is 0. The van der Waals surface area contributed by atoms with Gasteiger partial charge in [-0.25, -0.2) is 0 Å². The monoisotopic (exact) mass is 228 g/mol. The van der Waals surface area contributed by atoms with Crippen LogP contribution in [0.15, 0.2) is 42.0 Å². The second-order valence-electron chi connectivity index (χ2n) is 4.35. The van der Waals surface area contributed by atoms with Crippen molar-refractivity contribution < 1.29 is 9.59 Å². The van der Waals surface area contributed by atoms with Crippen LogP contribution in [-0.4, -0.2) is 11.6 Å². The Hall–Kier alpha value is -1.70. The van der Waals surface area contributed by atoms with Crippen LogP contribution >= 0.6 is 0 Å². The molecule has 0 unspecified atom stereocenters. The summed E-state index contributed by atoms with van der Waals surface area (Å²) in [7, 11) is 0. The van der Waals surface area contributed by atoms with Crippen molar-refractivity contribution in [1.82, 2.24) is 0 Å². The highest BCUT2D eigenvalue weighted by Crippen LogP contribution is 2.19. The molecule has 0 aliphatic heterocycles. The van der Waals surface area contributed by atoms with E-state index in [4.69, 9.17) is 0 Å². The van der Waals surface area contributed by atoms with Crippen LogP contribution in [0.4, 0.5) is 0 Å². The highest BCUT2D eigenvalue weighted by molar-refractivity contribution is 6.49. The summed E-state index contributed by atoms with van der Waals surface area (Å²) in [4.78, 5) is 24.0. The number of Topliss-reactive ketones (excluding diaryl/α,β-unsaturated/α-hetero) is 2. The first-order valence-electron chi connectivity index (χ1n) is 6.12. The normalized spacial score (nSPS) is 15.9. The Balaban J connectivity index is 2.15. The third kappa shape index (κ3) is 2.90. The Bertz CT molecular complexity index is 443. The molecule has 88 valence electrons. The van der Waals surface area contributed by atoms with Crippen LogP contribution in [0.5, 0.6) is 0 Å². The Labute approximate surface area is 101 Å². The van der Waals surface area contributed by atoms with E-state index in [1.807, 2.05) is 12.1 Å². The third-order valence-electron chi connectivity index (χ3n) is 3.07. The molecule has 0 amide bonds. The molecule has 0 heterocycles. The van der Waals surface area contributed by atoms with Gasteiger partial charge in [0.2, 0.25) is 11.6 Å². The molecular formula is C15H16O2. The molecule has 0 saturated carbocycles. The number of rotatable bonds is 3. The lowest BCUT2D eigenvalue weighted by Crippen LogP contribution is -2.16. The van der Waals surface area contributed by atoms with Crippen molar-refractivity contribution in [3.8, 4) is 0 Å². The van der Waals surface area contributed by atoms with Crippen molar-refractivity contribution in [3.05, 3.63) is 47.5 Å². The second kappa shape index (κ2) is 5.58. The Morgan fingerprint density at radius 2 is 1.65 bits per heavy atom. The predicted molar refractivity (Wildman–Crippen MR) is 66.9 cm³/mol. The van der Waals surface area contributed by atoms with Crippen molar-refractivity contribution in [1.29, 1.82) is 0 Å². The van der Waals surface area contributed by atoms with Crippen molar-refractivity contribution in [2.24, 2.45) is 0 Å². The molecule has 0 saturated heterocycles. The van der Waals surface area contributed by atoms with Gasteiger partial charge in [0.15, 0.2) is 0 Å². The van der Waals surface area contributed by atoms with E-state index in [9.17, 15) is 9.59 Å². The van der Waals surface area contributed by atoms with Crippen LogP contribution in [0.3, 0.4) is 0 Å². The van der Waals surface area contributed by atoms with Crippen LogP contribution in [-0.2, 0) is 4.79 Å². The lowest BCUT2D eigenvalue weighted by atomic mass is 9.98. The maximum Gasteiger partial charge on any atom is 0.233 e. The molecule has 0 bridgehead atoms. The van der Waals surface area contributed by atoms with Gasteiger partial charge in [0.25, 0.3) is 0 Å². The molecule has 1 aliphatic rings. The van der Waals surface area contributed by atoms with E-state index in [0.717, 1.165) is 32.1 Å². The summed E-state index contributed by atoms with van der Waals surface area (Å²) >= 11 is 0. The summed E-state index contributed by atoms with van der Waals surface area (Å²) in [6.07, 6.45) is 6.89. The summed E-state index contributed by atoms with van der Waals surface area (Å²) in [6.45, 7) is 0.